The molecule has 35 heavy (non-hydrogen) atoms. The van der Waals surface area contributed by atoms with Crippen LogP contribution in [0.15, 0.2) is 48.5 Å². The number of hydrogen-bond donors (Lipinski definition) is 2. The van der Waals surface area contributed by atoms with Gasteiger partial charge in [0.2, 0.25) is 0 Å². The molecule has 7 heteroatoms. The highest BCUT2D eigenvalue weighted by Crippen LogP contribution is 2.23. The second-order valence-electron chi connectivity index (χ2n) is 9.21. The summed E-state index contributed by atoms with van der Waals surface area (Å²) in [5.41, 5.74) is 5.55. The minimum absolute atomic E-state index is 0.125. The zero-order chi connectivity index (χ0) is 24.8. The molecule has 2 aromatic carbocycles. The molecule has 1 aromatic heterocycles. The maximum Gasteiger partial charge on any atom is 0.255 e. The van der Waals surface area contributed by atoms with E-state index in [0.717, 1.165) is 35.4 Å². The van der Waals surface area contributed by atoms with Gasteiger partial charge in [0.05, 0.1) is 36.3 Å². The number of benzene rings is 2. The van der Waals surface area contributed by atoms with Crippen LogP contribution in [0.25, 0.3) is 0 Å². The van der Waals surface area contributed by atoms with Crippen LogP contribution in [-0.2, 0) is 17.9 Å². The molecule has 0 saturated heterocycles. The first kappa shape index (κ1) is 24.7. The monoisotopic (exact) mass is 474 g/mol. The van der Waals surface area contributed by atoms with Gasteiger partial charge < -0.3 is 15.4 Å². The number of anilines is 1. The van der Waals surface area contributed by atoms with Gasteiger partial charge in [-0.3, -0.25) is 14.3 Å². The maximum absolute atomic E-state index is 12.9. The highest BCUT2D eigenvalue weighted by atomic mass is 16.5. The van der Waals surface area contributed by atoms with Crippen molar-refractivity contribution in [3.63, 3.8) is 0 Å². The Labute approximate surface area is 206 Å². The summed E-state index contributed by atoms with van der Waals surface area (Å²) in [5, 5.41) is 10.3. The molecule has 1 saturated carbocycles. The first-order chi connectivity index (χ1) is 16.9. The Morgan fingerprint density at radius 2 is 1.71 bits per heavy atom. The second-order valence-corrected chi connectivity index (χ2v) is 9.21. The first-order valence-corrected chi connectivity index (χ1v) is 12.3. The molecule has 0 aliphatic heterocycles. The van der Waals surface area contributed by atoms with Crippen LogP contribution in [-0.4, -0.2) is 34.7 Å². The summed E-state index contributed by atoms with van der Waals surface area (Å²) in [7, 11) is 1.61. The van der Waals surface area contributed by atoms with Gasteiger partial charge in [0.25, 0.3) is 11.8 Å². The number of nitrogens with zero attached hydrogens (tertiary/aromatic N) is 2. The van der Waals surface area contributed by atoms with Crippen LogP contribution in [0.2, 0.25) is 0 Å². The van der Waals surface area contributed by atoms with Crippen molar-refractivity contribution in [2.45, 2.75) is 65.2 Å². The molecule has 0 unspecified atom stereocenters. The summed E-state index contributed by atoms with van der Waals surface area (Å²) in [4.78, 5) is 24.9. The molecular formula is C28H34N4O3. The molecule has 1 aliphatic rings. The van der Waals surface area contributed by atoms with Gasteiger partial charge in [-0.2, -0.15) is 5.10 Å². The van der Waals surface area contributed by atoms with E-state index in [1.54, 1.807) is 13.1 Å². The van der Waals surface area contributed by atoms with Gasteiger partial charge in [0.1, 0.15) is 0 Å². The van der Waals surface area contributed by atoms with E-state index >= 15 is 0 Å². The van der Waals surface area contributed by atoms with E-state index in [1.807, 2.05) is 61.0 Å². The average Bonchev–Trinajstić information content (AvgIpc) is 3.15. The van der Waals surface area contributed by atoms with Gasteiger partial charge in [-0.15, -0.1) is 0 Å². The van der Waals surface area contributed by atoms with Crippen LogP contribution in [0.1, 0.15) is 75.3 Å². The van der Waals surface area contributed by atoms with E-state index in [0.29, 0.717) is 36.1 Å². The molecule has 2 amide bonds. The lowest BCUT2D eigenvalue weighted by atomic mass is 9.98. The van der Waals surface area contributed by atoms with Gasteiger partial charge in [-0.1, -0.05) is 43.5 Å². The fourth-order valence-electron chi connectivity index (χ4n) is 4.54. The first-order valence-electron chi connectivity index (χ1n) is 12.3. The fraction of sp³-hybridized carbons (Fsp3) is 0.393. The van der Waals surface area contributed by atoms with E-state index in [4.69, 9.17) is 4.74 Å². The van der Waals surface area contributed by atoms with Crippen LogP contribution in [0.5, 0.6) is 0 Å². The molecule has 3 aromatic rings. The Bertz CT molecular complexity index is 1180. The minimum atomic E-state index is -0.169. The Balaban J connectivity index is 1.39. The number of ether oxygens (including phenoxy) is 1. The van der Waals surface area contributed by atoms with Gasteiger partial charge in [-0.05, 0) is 62.1 Å². The highest BCUT2D eigenvalue weighted by molar-refractivity contribution is 6.04. The number of carbonyl (C=O) groups excluding carboxylic acids is 2. The third-order valence-electron chi connectivity index (χ3n) is 6.62. The average molecular weight is 475 g/mol. The molecule has 1 fully saturated rings. The zero-order valence-corrected chi connectivity index (χ0v) is 20.8. The fourth-order valence-corrected chi connectivity index (χ4v) is 4.54. The Kier molecular flexibility index (Phi) is 7.98. The molecule has 0 spiro atoms. The molecule has 4 rings (SSSR count). The SMILES string of the molecule is CNC(=O)c1cccc(Cn2nc(C)c(NC(=O)c3ccc(COC4CCCCC4)cc3)c2C)c1. The van der Waals surface area contributed by atoms with E-state index in [9.17, 15) is 9.59 Å². The normalized spacial score (nSPS) is 14.0. The predicted molar refractivity (Wildman–Crippen MR) is 137 cm³/mol. The summed E-state index contributed by atoms with van der Waals surface area (Å²) >= 11 is 0. The van der Waals surface area contributed by atoms with Crippen molar-refractivity contribution in [3.8, 4) is 0 Å². The number of amides is 2. The van der Waals surface area contributed by atoms with E-state index < -0.39 is 0 Å². The topological polar surface area (TPSA) is 85.3 Å². The van der Waals surface area contributed by atoms with Gasteiger partial charge in [0, 0.05) is 18.2 Å². The molecule has 2 N–H and O–H groups in total. The number of hydrogen-bond acceptors (Lipinski definition) is 4. The number of aromatic nitrogens is 2. The van der Waals surface area contributed by atoms with Gasteiger partial charge in [-0.25, -0.2) is 0 Å². The van der Waals surface area contributed by atoms with E-state index in [-0.39, 0.29) is 11.8 Å². The van der Waals surface area contributed by atoms with Crippen molar-refractivity contribution >= 4 is 17.5 Å². The third kappa shape index (κ3) is 6.17. The number of carbonyl (C=O) groups is 2. The Morgan fingerprint density at radius 1 is 0.971 bits per heavy atom. The molecule has 1 heterocycles. The molecule has 1 aliphatic carbocycles. The summed E-state index contributed by atoms with van der Waals surface area (Å²) in [6.07, 6.45) is 6.47. The molecule has 0 bridgehead atoms. The second kappa shape index (κ2) is 11.3. The van der Waals surface area contributed by atoms with Crippen molar-refractivity contribution < 1.29 is 14.3 Å². The lowest BCUT2D eigenvalue weighted by molar-refractivity contribution is 0.0168. The van der Waals surface area contributed by atoms with Crippen LogP contribution in [0.4, 0.5) is 5.69 Å². The number of aryl methyl sites for hydroxylation is 1. The van der Waals surface area contributed by atoms with Crippen molar-refractivity contribution in [1.82, 2.24) is 15.1 Å². The molecule has 0 radical (unpaired) electrons. The van der Waals surface area contributed by atoms with E-state index in [2.05, 4.69) is 15.7 Å². The smallest absolute Gasteiger partial charge is 0.255 e. The summed E-state index contributed by atoms with van der Waals surface area (Å²) < 4.78 is 7.89. The van der Waals surface area contributed by atoms with Crippen LogP contribution >= 0.6 is 0 Å². The lowest BCUT2D eigenvalue weighted by Gasteiger charge is -2.22. The van der Waals surface area contributed by atoms with Crippen molar-refractivity contribution in [1.29, 1.82) is 0 Å². The molecule has 7 nitrogen and oxygen atoms in total. The van der Waals surface area contributed by atoms with Crippen molar-refractivity contribution in [2.75, 3.05) is 12.4 Å². The van der Waals surface area contributed by atoms with Crippen LogP contribution in [0.3, 0.4) is 0 Å². The zero-order valence-electron chi connectivity index (χ0n) is 20.8. The Morgan fingerprint density at radius 3 is 2.43 bits per heavy atom. The largest absolute Gasteiger partial charge is 0.374 e. The van der Waals surface area contributed by atoms with Crippen molar-refractivity contribution in [2.24, 2.45) is 0 Å². The molecular weight excluding hydrogens is 440 g/mol. The molecule has 184 valence electrons. The lowest BCUT2D eigenvalue weighted by Crippen LogP contribution is -2.18. The van der Waals surface area contributed by atoms with E-state index in [1.165, 1.54) is 19.3 Å². The minimum Gasteiger partial charge on any atom is -0.374 e. The third-order valence-corrected chi connectivity index (χ3v) is 6.62. The number of nitrogens with one attached hydrogen (secondary N) is 2. The quantitative estimate of drug-likeness (QED) is 0.481. The summed E-state index contributed by atoms with van der Waals surface area (Å²) in [6.45, 7) is 4.90. The standard InChI is InChI=1S/C28H34N4O3/c1-19-26(20(2)32(31-19)17-22-8-7-9-24(16-22)27(33)29-3)30-28(34)23-14-12-21(13-15-23)18-35-25-10-5-4-6-11-25/h7-9,12-16,25H,4-6,10-11,17-18H2,1-3H3,(H,29,33)(H,30,34). The predicted octanol–water partition coefficient (Wildman–Crippen LogP) is 5.01. The Hall–Kier alpha value is -3.45. The van der Waals surface area contributed by atoms with Crippen LogP contribution < -0.4 is 10.6 Å². The van der Waals surface area contributed by atoms with Gasteiger partial charge >= 0.3 is 0 Å². The highest BCUT2D eigenvalue weighted by Gasteiger charge is 2.17. The maximum atomic E-state index is 12.9. The van der Waals surface area contributed by atoms with Crippen molar-refractivity contribution in [3.05, 3.63) is 82.2 Å². The van der Waals surface area contributed by atoms with Gasteiger partial charge in [0.15, 0.2) is 0 Å². The van der Waals surface area contributed by atoms with Crippen LogP contribution in [0, 0.1) is 13.8 Å². The number of rotatable bonds is 8. The summed E-state index contributed by atoms with van der Waals surface area (Å²) in [6, 6.07) is 15.1. The molecule has 0 atom stereocenters. The summed E-state index contributed by atoms with van der Waals surface area (Å²) in [5.74, 6) is -0.295.